The van der Waals surface area contributed by atoms with Crippen LogP contribution >= 0.6 is 0 Å². The normalized spacial score (nSPS) is 42.1. The molecule has 0 unspecified atom stereocenters. The SMILES string of the molecule is COCC[C@H]1CO[C@H]2CN(C(=O)[C@H]3C[C@@H]3C)C[C@@H]12. The summed E-state index contributed by atoms with van der Waals surface area (Å²) in [6.07, 6.45) is 2.42. The highest BCUT2D eigenvalue weighted by molar-refractivity contribution is 5.82. The third kappa shape index (κ3) is 2.16. The van der Waals surface area contributed by atoms with Crippen LogP contribution in [0.5, 0.6) is 0 Å². The number of likely N-dealkylation sites (tertiary alicyclic amines) is 1. The van der Waals surface area contributed by atoms with Crippen LogP contribution in [0, 0.1) is 23.7 Å². The molecule has 102 valence electrons. The van der Waals surface area contributed by atoms with Crippen molar-refractivity contribution < 1.29 is 14.3 Å². The van der Waals surface area contributed by atoms with Gasteiger partial charge in [0.2, 0.25) is 5.91 Å². The first kappa shape index (κ1) is 12.4. The van der Waals surface area contributed by atoms with Crippen molar-refractivity contribution in [2.45, 2.75) is 25.9 Å². The fourth-order valence-electron chi connectivity index (χ4n) is 3.45. The van der Waals surface area contributed by atoms with E-state index in [4.69, 9.17) is 9.47 Å². The monoisotopic (exact) mass is 253 g/mol. The first-order valence-corrected chi connectivity index (χ1v) is 7.10. The van der Waals surface area contributed by atoms with Crippen LogP contribution in [-0.4, -0.2) is 50.3 Å². The largest absolute Gasteiger partial charge is 0.385 e. The van der Waals surface area contributed by atoms with Crippen LogP contribution < -0.4 is 0 Å². The van der Waals surface area contributed by atoms with Gasteiger partial charge in [0.15, 0.2) is 0 Å². The molecule has 0 bridgehead atoms. The molecule has 1 saturated carbocycles. The van der Waals surface area contributed by atoms with Gasteiger partial charge in [0.1, 0.15) is 0 Å². The van der Waals surface area contributed by atoms with Crippen molar-refractivity contribution in [3.05, 3.63) is 0 Å². The average Bonchev–Trinajstić information content (AvgIpc) is 2.79. The van der Waals surface area contributed by atoms with Gasteiger partial charge in [0, 0.05) is 38.6 Å². The summed E-state index contributed by atoms with van der Waals surface area (Å²) in [5.74, 6) is 2.39. The van der Waals surface area contributed by atoms with Gasteiger partial charge in [0.25, 0.3) is 0 Å². The van der Waals surface area contributed by atoms with Gasteiger partial charge in [-0.15, -0.1) is 0 Å². The maximum absolute atomic E-state index is 12.2. The smallest absolute Gasteiger partial charge is 0.226 e. The van der Waals surface area contributed by atoms with Gasteiger partial charge in [-0.1, -0.05) is 6.92 Å². The summed E-state index contributed by atoms with van der Waals surface area (Å²) in [6, 6.07) is 0. The number of carbonyl (C=O) groups is 1. The topological polar surface area (TPSA) is 38.8 Å². The predicted octanol–water partition coefficient (Wildman–Crippen LogP) is 1.15. The second kappa shape index (κ2) is 4.82. The van der Waals surface area contributed by atoms with Crippen molar-refractivity contribution in [3.8, 4) is 0 Å². The van der Waals surface area contributed by atoms with E-state index in [1.165, 1.54) is 0 Å². The standard InChI is InChI=1S/C14H23NO3/c1-9-5-11(9)14(16)15-6-12-10(3-4-17-2)8-18-13(12)7-15/h9-13H,3-8H2,1-2H3/t9-,10-,11-,12-,13-/m0/s1. The zero-order valence-electron chi connectivity index (χ0n) is 11.3. The zero-order valence-corrected chi connectivity index (χ0v) is 11.3. The number of fused-ring (bicyclic) bond motifs is 1. The number of hydrogen-bond donors (Lipinski definition) is 0. The minimum Gasteiger partial charge on any atom is -0.385 e. The summed E-state index contributed by atoms with van der Waals surface area (Å²) >= 11 is 0. The third-order valence-corrected chi connectivity index (χ3v) is 4.87. The van der Waals surface area contributed by atoms with E-state index in [1.54, 1.807) is 7.11 Å². The Balaban J connectivity index is 1.56. The van der Waals surface area contributed by atoms with E-state index < -0.39 is 0 Å². The van der Waals surface area contributed by atoms with Gasteiger partial charge in [0.05, 0.1) is 12.7 Å². The Labute approximate surface area is 109 Å². The molecule has 3 rings (SSSR count). The van der Waals surface area contributed by atoms with Gasteiger partial charge in [-0.2, -0.15) is 0 Å². The molecule has 0 radical (unpaired) electrons. The summed E-state index contributed by atoms with van der Waals surface area (Å²) in [5.41, 5.74) is 0. The summed E-state index contributed by atoms with van der Waals surface area (Å²) in [6.45, 7) is 5.53. The zero-order chi connectivity index (χ0) is 12.7. The molecule has 4 heteroatoms. The van der Waals surface area contributed by atoms with E-state index in [0.717, 1.165) is 39.1 Å². The molecule has 18 heavy (non-hydrogen) atoms. The lowest BCUT2D eigenvalue weighted by Crippen LogP contribution is -2.32. The molecular weight excluding hydrogens is 230 g/mol. The van der Waals surface area contributed by atoms with E-state index in [0.29, 0.717) is 29.6 Å². The minimum atomic E-state index is 0.282. The average molecular weight is 253 g/mol. The van der Waals surface area contributed by atoms with E-state index in [9.17, 15) is 4.79 Å². The number of rotatable bonds is 4. The van der Waals surface area contributed by atoms with Crippen molar-refractivity contribution in [1.29, 1.82) is 0 Å². The Kier molecular flexibility index (Phi) is 3.32. The molecule has 2 saturated heterocycles. The molecular formula is C14H23NO3. The lowest BCUT2D eigenvalue weighted by molar-refractivity contribution is -0.132. The number of ether oxygens (including phenoxy) is 2. The third-order valence-electron chi connectivity index (χ3n) is 4.87. The van der Waals surface area contributed by atoms with Gasteiger partial charge in [-0.25, -0.2) is 0 Å². The molecule has 4 nitrogen and oxygen atoms in total. The maximum Gasteiger partial charge on any atom is 0.226 e. The summed E-state index contributed by atoms with van der Waals surface area (Å²) < 4.78 is 11.0. The van der Waals surface area contributed by atoms with Crippen LogP contribution in [0.1, 0.15) is 19.8 Å². The van der Waals surface area contributed by atoms with Crippen molar-refractivity contribution in [3.63, 3.8) is 0 Å². The number of methoxy groups -OCH3 is 1. The highest BCUT2D eigenvalue weighted by atomic mass is 16.5. The van der Waals surface area contributed by atoms with E-state index in [-0.39, 0.29) is 6.10 Å². The number of amides is 1. The highest BCUT2D eigenvalue weighted by Crippen LogP contribution is 2.42. The second-order valence-electron chi connectivity index (χ2n) is 6.14. The molecule has 5 atom stereocenters. The summed E-state index contributed by atoms with van der Waals surface area (Å²) in [4.78, 5) is 14.3. The fourth-order valence-corrected chi connectivity index (χ4v) is 3.45. The highest BCUT2D eigenvalue weighted by Gasteiger charge is 2.49. The van der Waals surface area contributed by atoms with Crippen LogP contribution in [0.15, 0.2) is 0 Å². The molecule has 0 aromatic rings. The molecule has 2 aliphatic heterocycles. The summed E-state index contributed by atoms with van der Waals surface area (Å²) in [5, 5.41) is 0. The molecule has 3 aliphatic rings. The Morgan fingerprint density at radius 1 is 1.44 bits per heavy atom. The van der Waals surface area contributed by atoms with Crippen LogP contribution in [0.4, 0.5) is 0 Å². The molecule has 3 fully saturated rings. The van der Waals surface area contributed by atoms with E-state index in [2.05, 4.69) is 6.92 Å². The van der Waals surface area contributed by atoms with Crippen molar-refractivity contribution >= 4 is 5.91 Å². The van der Waals surface area contributed by atoms with Crippen LogP contribution in [0.3, 0.4) is 0 Å². The molecule has 1 amide bonds. The quantitative estimate of drug-likeness (QED) is 0.754. The Morgan fingerprint density at radius 3 is 2.89 bits per heavy atom. The van der Waals surface area contributed by atoms with Crippen LogP contribution in [0.25, 0.3) is 0 Å². The maximum atomic E-state index is 12.2. The van der Waals surface area contributed by atoms with E-state index >= 15 is 0 Å². The molecule has 2 heterocycles. The first-order chi connectivity index (χ1) is 8.70. The van der Waals surface area contributed by atoms with Crippen molar-refractivity contribution in [1.82, 2.24) is 4.90 Å². The summed E-state index contributed by atoms with van der Waals surface area (Å²) in [7, 11) is 1.74. The number of hydrogen-bond acceptors (Lipinski definition) is 3. The molecule has 0 spiro atoms. The van der Waals surface area contributed by atoms with Crippen LogP contribution in [0.2, 0.25) is 0 Å². The van der Waals surface area contributed by atoms with Gasteiger partial charge < -0.3 is 14.4 Å². The van der Waals surface area contributed by atoms with Gasteiger partial charge >= 0.3 is 0 Å². The van der Waals surface area contributed by atoms with Crippen molar-refractivity contribution in [2.75, 3.05) is 33.4 Å². The van der Waals surface area contributed by atoms with Gasteiger partial charge in [-0.05, 0) is 24.7 Å². The molecule has 0 aromatic heterocycles. The molecule has 0 aromatic carbocycles. The number of nitrogens with zero attached hydrogens (tertiary/aromatic N) is 1. The fraction of sp³-hybridized carbons (Fsp3) is 0.929. The van der Waals surface area contributed by atoms with E-state index in [1.807, 2.05) is 4.90 Å². The lowest BCUT2D eigenvalue weighted by Gasteiger charge is -2.19. The van der Waals surface area contributed by atoms with Gasteiger partial charge in [-0.3, -0.25) is 4.79 Å². The molecule has 1 aliphatic carbocycles. The number of carbonyl (C=O) groups excluding carboxylic acids is 1. The second-order valence-corrected chi connectivity index (χ2v) is 6.14. The van der Waals surface area contributed by atoms with Crippen molar-refractivity contribution in [2.24, 2.45) is 23.7 Å². The predicted molar refractivity (Wildman–Crippen MR) is 67.1 cm³/mol. The first-order valence-electron chi connectivity index (χ1n) is 7.10. The minimum absolute atomic E-state index is 0.282. The Bertz CT molecular complexity index is 333. The Hall–Kier alpha value is -0.610. The van der Waals surface area contributed by atoms with Crippen LogP contribution in [-0.2, 0) is 14.3 Å². The molecule has 0 N–H and O–H groups in total. The Morgan fingerprint density at radius 2 is 2.22 bits per heavy atom. The lowest BCUT2D eigenvalue weighted by atomic mass is 9.91.